The zero-order valence-electron chi connectivity index (χ0n) is 17.8. The number of ether oxygens (including phenoxy) is 1. The van der Waals surface area contributed by atoms with Crippen LogP contribution in [-0.2, 0) is 11.2 Å². The van der Waals surface area contributed by atoms with Crippen LogP contribution in [0.25, 0.3) is 10.9 Å². The number of nitrogens with zero attached hydrogens (tertiary/aromatic N) is 3. The number of amides is 1. The van der Waals surface area contributed by atoms with Gasteiger partial charge >= 0.3 is 0 Å². The zero-order valence-corrected chi connectivity index (χ0v) is 17.8. The van der Waals surface area contributed by atoms with Gasteiger partial charge in [-0.25, -0.2) is 4.98 Å². The maximum absolute atomic E-state index is 12.8. The van der Waals surface area contributed by atoms with E-state index in [0.717, 1.165) is 49.1 Å². The summed E-state index contributed by atoms with van der Waals surface area (Å²) in [5, 5.41) is 0.885. The third-order valence-electron chi connectivity index (χ3n) is 5.64. The highest BCUT2D eigenvalue weighted by Gasteiger charge is 2.25. The van der Waals surface area contributed by atoms with Crippen LogP contribution >= 0.6 is 0 Å². The summed E-state index contributed by atoms with van der Waals surface area (Å²) in [7, 11) is 3.56. The molecule has 2 aromatic carbocycles. The molecule has 1 saturated heterocycles. The van der Waals surface area contributed by atoms with Crippen LogP contribution in [0.5, 0.6) is 0 Å². The van der Waals surface area contributed by atoms with Crippen LogP contribution in [0.3, 0.4) is 0 Å². The first-order chi connectivity index (χ1) is 14.6. The molecule has 1 fully saturated rings. The van der Waals surface area contributed by atoms with Crippen molar-refractivity contribution in [2.45, 2.75) is 18.9 Å². The third kappa shape index (κ3) is 4.69. The third-order valence-corrected chi connectivity index (χ3v) is 5.64. The standard InChI is InChI=1S/C25H29N3O2/c1-27(2)25(29)21-17-23(26-22-13-7-6-12-20(21)22)24-18-28(15-16-30-24)14-8-11-19-9-4-3-5-10-19/h3-7,9-10,12-13,17,24H,8,11,14-16,18H2,1-2H3/t24-/m1/s1. The minimum absolute atomic E-state index is 0.00891. The van der Waals surface area contributed by atoms with E-state index in [1.54, 1.807) is 19.0 Å². The maximum Gasteiger partial charge on any atom is 0.254 e. The molecular formula is C25H29N3O2. The molecule has 0 aliphatic carbocycles. The van der Waals surface area contributed by atoms with Crippen molar-refractivity contribution >= 4 is 16.8 Å². The number of hydrogen-bond acceptors (Lipinski definition) is 4. The van der Waals surface area contributed by atoms with E-state index in [4.69, 9.17) is 9.72 Å². The molecule has 156 valence electrons. The van der Waals surface area contributed by atoms with E-state index in [9.17, 15) is 4.79 Å². The number of aromatic nitrogens is 1. The molecule has 0 saturated carbocycles. The van der Waals surface area contributed by atoms with Crippen LogP contribution in [0.2, 0.25) is 0 Å². The van der Waals surface area contributed by atoms with Crippen LogP contribution < -0.4 is 0 Å². The zero-order chi connectivity index (χ0) is 20.9. The average molecular weight is 404 g/mol. The fraction of sp³-hybridized carbons (Fsp3) is 0.360. The van der Waals surface area contributed by atoms with Gasteiger partial charge in [-0.1, -0.05) is 48.5 Å². The molecule has 2 heterocycles. The molecule has 0 radical (unpaired) electrons. The van der Waals surface area contributed by atoms with Gasteiger partial charge in [-0.3, -0.25) is 9.69 Å². The number of carbonyl (C=O) groups is 1. The number of carbonyl (C=O) groups excluding carboxylic acids is 1. The Labute approximate surface area is 178 Å². The first kappa shape index (κ1) is 20.5. The van der Waals surface area contributed by atoms with Crippen molar-refractivity contribution in [2.24, 2.45) is 0 Å². The minimum atomic E-state index is -0.117. The van der Waals surface area contributed by atoms with Crippen LogP contribution in [-0.4, -0.2) is 61.0 Å². The summed E-state index contributed by atoms with van der Waals surface area (Å²) in [6.07, 6.45) is 2.08. The topological polar surface area (TPSA) is 45.7 Å². The Morgan fingerprint density at radius 1 is 1.13 bits per heavy atom. The highest BCUT2D eigenvalue weighted by Crippen LogP contribution is 2.26. The molecule has 0 bridgehead atoms. The average Bonchev–Trinajstić information content (AvgIpc) is 2.78. The lowest BCUT2D eigenvalue weighted by molar-refractivity contribution is -0.0321. The quantitative estimate of drug-likeness (QED) is 0.625. The maximum atomic E-state index is 12.8. The smallest absolute Gasteiger partial charge is 0.254 e. The number of aryl methyl sites for hydroxylation is 1. The van der Waals surface area contributed by atoms with Crippen molar-refractivity contribution in [1.29, 1.82) is 0 Å². The van der Waals surface area contributed by atoms with E-state index in [-0.39, 0.29) is 12.0 Å². The number of fused-ring (bicyclic) bond motifs is 1. The summed E-state index contributed by atoms with van der Waals surface area (Å²) in [4.78, 5) is 21.7. The lowest BCUT2D eigenvalue weighted by atomic mass is 10.0. The number of pyridine rings is 1. The first-order valence-corrected chi connectivity index (χ1v) is 10.6. The van der Waals surface area contributed by atoms with E-state index >= 15 is 0 Å². The number of morpholine rings is 1. The van der Waals surface area contributed by atoms with E-state index < -0.39 is 0 Å². The Hall–Kier alpha value is -2.76. The van der Waals surface area contributed by atoms with Crippen LogP contribution in [0.15, 0.2) is 60.7 Å². The number of rotatable bonds is 6. The molecule has 0 N–H and O–H groups in total. The van der Waals surface area contributed by atoms with E-state index in [1.165, 1.54) is 5.56 Å². The van der Waals surface area contributed by atoms with Crippen molar-refractivity contribution in [2.75, 3.05) is 40.3 Å². The first-order valence-electron chi connectivity index (χ1n) is 10.6. The van der Waals surface area contributed by atoms with Crippen molar-refractivity contribution < 1.29 is 9.53 Å². The summed E-state index contributed by atoms with van der Waals surface area (Å²) < 4.78 is 6.07. The Bertz CT molecular complexity index is 1000. The highest BCUT2D eigenvalue weighted by molar-refractivity contribution is 6.06. The van der Waals surface area contributed by atoms with Gasteiger partial charge in [0.15, 0.2) is 0 Å². The van der Waals surface area contributed by atoms with Crippen LogP contribution in [0, 0.1) is 0 Å². The predicted octanol–water partition coefficient (Wildman–Crippen LogP) is 3.94. The molecule has 1 aliphatic heterocycles. The molecule has 1 aliphatic rings. The molecule has 30 heavy (non-hydrogen) atoms. The number of benzene rings is 2. The number of para-hydroxylation sites is 1. The Morgan fingerprint density at radius 3 is 2.70 bits per heavy atom. The molecule has 1 amide bonds. The fourth-order valence-corrected chi connectivity index (χ4v) is 4.01. The van der Waals surface area contributed by atoms with Gasteiger partial charge in [0.25, 0.3) is 5.91 Å². The lowest BCUT2D eigenvalue weighted by Gasteiger charge is -2.33. The lowest BCUT2D eigenvalue weighted by Crippen LogP contribution is -2.39. The SMILES string of the molecule is CN(C)C(=O)c1cc([C@H]2CN(CCCc3ccccc3)CCO2)nc2ccccc12. The van der Waals surface area contributed by atoms with E-state index in [1.807, 2.05) is 30.3 Å². The Morgan fingerprint density at radius 2 is 1.90 bits per heavy atom. The van der Waals surface area contributed by atoms with Crippen molar-refractivity contribution in [3.8, 4) is 0 Å². The summed E-state index contributed by atoms with van der Waals surface area (Å²) in [5.41, 5.74) is 3.74. The van der Waals surface area contributed by atoms with E-state index in [2.05, 4.69) is 35.2 Å². The second-order valence-corrected chi connectivity index (χ2v) is 8.06. The van der Waals surface area contributed by atoms with Crippen molar-refractivity contribution in [3.63, 3.8) is 0 Å². The minimum Gasteiger partial charge on any atom is -0.369 e. The van der Waals surface area contributed by atoms with Gasteiger partial charge in [0.05, 0.1) is 23.4 Å². The summed E-state index contributed by atoms with van der Waals surface area (Å²) in [6, 6.07) is 20.4. The molecule has 5 nitrogen and oxygen atoms in total. The van der Waals surface area contributed by atoms with Gasteiger partial charge in [-0.05, 0) is 37.1 Å². The summed E-state index contributed by atoms with van der Waals surface area (Å²) >= 11 is 0. The van der Waals surface area contributed by atoms with Gasteiger partial charge in [0, 0.05) is 32.6 Å². The summed E-state index contributed by atoms with van der Waals surface area (Å²) in [6.45, 7) is 3.45. The Balaban J connectivity index is 1.49. The molecule has 1 atom stereocenters. The molecular weight excluding hydrogens is 374 g/mol. The molecule has 5 heteroatoms. The fourth-order valence-electron chi connectivity index (χ4n) is 4.01. The normalized spacial score (nSPS) is 17.2. The van der Waals surface area contributed by atoms with Gasteiger partial charge in [-0.15, -0.1) is 0 Å². The second-order valence-electron chi connectivity index (χ2n) is 8.06. The van der Waals surface area contributed by atoms with Gasteiger partial charge in [0.1, 0.15) is 6.10 Å². The van der Waals surface area contributed by atoms with Gasteiger partial charge < -0.3 is 9.64 Å². The number of hydrogen-bond donors (Lipinski definition) is 0. The van der Waals surface area contributed by atoms with Crippen LogP contribution in [0.4, 0.5) is 0 Å². The van der Waals surface area contributed by atoms with E-state index in [0.29, 0.717) is 12.2 Å². The van der Waals surface area contributed by atoms with Gasteiger partial charge in [0.2, 0.25) is 0 Å². The van der Waals surface area contributed by atoms with Crippen molar-refractivity contribution in [3.05, 3.63) is 77.5 Å². The Kier molecular flexibility index (Phi) is 6.41. The predicted molar refractivity (Wildman–Crippen MR) is 120 cm³/mol. The van der Waals surface area contributed by atoms with Crippen molar-refractivity contribution in [1.82, 2.24) is 14.8 Å². The largest absolute Gasteiger partial charge is 0.369 e. The molecule has 1 aromatic heterocycles. The van der Waals surface area contributed by atoms with Crippen LogP contribution in [0.1, 0.15) is 34.1 Å². The summed E-state index contributed by atoms with van der Waals surface area (Å²) in [5.74, 6) is -0.00891. The second kappa shape index (κ2) is 9.37. The van der Waals surface area contributed by atoms with Gasteiger partial charge in [-0.2, -0.15) is 0 Å². The molecule has 3 aromatic rings. The highest BCUT2D eigenvalue weighted by atomic mass is 16.5. The monoisotopic (exact) mass is 403 g/mol. The molecule has 0 spiro atoms. The molecule has 4 rings (SSSR count). The molecule has 0 unspecified atom stereocenters.